The zero-order valence-electron chi connectivity index (χ0n) is 14.0. The van der Waals surface area contributed by atoms with Crippen molar-refractivity contribution in [3.8, 4) is 0 Å². The number of carbonyl (C=O) groups is 1. The van der Waals surface area contributed by atoms with Crippen LogP contribution >= 0.6 is 0 Å². The Balaban J connectivity index is 1.60. The molecule has 0 spiro atoms. The van der Waals surface area contributed by atoms with Crippen molar-refractivity contribution < 1.29 is 9.18 Å². The van der Waals surface area contributed by atoms with E-state index in [9.17, 15) is 9.18 Å². The Kier molecular flexibility index (Phi) is 5.31. The van der Waals surface area contributed by atoms with Crippen LogP contribution in [0.3, 0.4) is 0 Å². The number of amides is 1. The van der Waals surface area contributed by atoms with Gasteiger partial charge in [-0.15, -0.1) is 0 Å². The van der Waals surface area contributed by atoms with Crippen LogP contribution < -0.4 is 0 Å². The number of benzene rings is 1. The number of rotatable bonds is 3. The Bertz CT molecular complexity index is 548. The van der Waals surface area contributed by atoms with Gasteiger partial charge in [0.1, 0.15) is 5.82 Å². The molecule has 0 bridgehead atoms. The number of halogens is 1. The van der Waals surface area contributed by atoms with Gasteiger partial charge in [0, 0.05) is 25.7 Å². The maximum atomic E-state index is 13.3. The number of piperidine rings is 2. The first kappa shape index (κ1) is 16.4. The lowest BCUT2D eigenvalue weighted by atomic mass is 9.93. The fourth-order valence-electron chi connectivity index (χ4n) is 3.95. The fraction of sp³-hybridized carbons (Fsp3) is 0.632. The molecule has 1 aromatic carbocycles. The highest BCUT2D eigenvalue weighted by molar-refractivity contribution is 5.79. The van der Waals surface area contributed by atoms with Crippen LogP contribution in [0.25, 0.3) is 0 Å². The summed E-state index contributed by atoms with van der Waals surface area (Å²) in [6.45, 7) is 5.62. The van der Waals surface area contributed by atoms with Gasteiger partial charge in [0.2, 0.25) is 5.91 Å². The van der Waals surface area contributed by atoms with Crippen molar-refractivity contribution in [3.63, 3.8) is 0 Å². The third kappa shape index (κ3) is 4.11. The summed E-state index contributed by atoms with van der Waals surface area (Å²) in [4.78, 5) is 17.3. The lowest BCUT2D eigenvalue weighted by molar-refractivity contribution is -0.140. The van der Waals surface area contributed by atoms with Gasteiger partial charge in [0.25, 0.3) is 0 Å². The van der Waals surface area contributed by atoms with E-state index in [4.69, 9.17) is 0 Å². The summed E-state index contributed by atoms with van der Waals surface area (Å²) in [5, 5.41) is 0. The second-order valence-electron chi connectivity index (χ2n) is 7.08. The van der Waals surface area contributed by atoms with E-state index in [1.54, 1.807) is 12.1 Å². The van der Waals surface area contributed by atoms with E-state index >= 15 is 0 Å². The number of hydrogen-bond donors (Lipinski definition) is 0. The van der Waals surface area contributed by atoms with Crippen molar-refractivity contribution in [1.29, 1.82) is 0 Å². The normalized spacial score (nSPS) is 26.3. The first-order valence-electron chi connectivity index (χ1n) is 8.91. The minimum Gasteiger partial charge on any atom is -0.340 e. The van der Waals surface area contributed by atoms with Crippen LogP contribution in [0.5, 0.6) is 0 Å². The van der Waals surface area contributed by atoms with Crippen molar-refractivity contribution >= 4 is 5.91 Å². The Hall–Kier alpha value is -1.42. The molecule has 4 heteroatoms. The average Bonchev–Trinajstić information content (AvgIpc) is 2.55. The van der Waals surface area contributed by atoms with E-state index in [1.165, 1.54) is 12.5 Å². The summed E-state index contributed by atoms with van der Waals surface area (Å²) in [5.41, 5.74) is 0.990. The predicted octanol–water partition coefficient (Wildman–Crippen LogP) is 3.44. The summed E-state index contributed by atoms with van der Waals surface area (Å²) >= 11 is 0. The number of nitrogens with zero attached hydrogens (tertiary/aromatic N) is 2. The van der Waals surface area contributed by atoms with Gasteiger partial charge < -0.3 is 4.90 Å². The van der Waals surface area contributed by atoms with Gasteiger partial charge in [-0.2, -0.15) is 0 Å². The van der Waals surface area contributed by atoms with Gasteiger partial charge >= 0.3 is 0 Å². The van der Waals surface area contributed by atoms with Gasteiger partial charge in [-0.05, 0) is 63.3 Å². The number of likely N-dealkylation sites (tertiary alicyclic amines) is 2. The number of hydrogen-bond acceptors (Lipinski definition) is 2. The monoisotopic (exact) mass is 318 g/mol. The van der Waals surface area contributed by atoms with Gasteiger partial charge in [-0.3, -0.25) is 9.69 Å². The first-order chi connectivity index (χ1) is 11.1. The smallest absolute Gasteiger partial charge is 0.227 e. The second kappa shape index (κ2) is 7.43. The molecule has 0 aliphatic carbocycles. The van der Waals surface area contributed by atoms with Gasteiger partial charge in [0.15, 0.2) is 0 Å². The van der Waals surface area contributed by atoms with Gasteiger partial charge in [-0.25, -0.2) is 4.39 Å². The molecule has 1 aromatic rings. The fourth-order valence-corrected chi connectivity index (χ4v) is 3.95. The highest BCUT2D eigenvalue weighted by atomic mass is 19.1. The Morgan fingerprint density at radius 3 is 2.87 bits per heavy atom. The summed E-state index contributed by atoms with van der Waals surface area (Å²) in [7, 11) is 0. The maximum absolute atomic E-state index is 13.3. The molecule has 0 N–H and O–H groups in total. The topological polar surface area (TPSA) is 23.6 Å². The molecule has 3 rings (SSSR count). The molecule has 0 aromatic heterocycles. The van der Waals surface area contributed by atoms with E-state index in [1.807, 2.05) is 6.07 Å². The van der Waals surface area contributed by atoms with E-state index in [0.717, 1.165) is 57.4 Å². The quantitative estimate of drug-likeness (QED) is 0.852. The molecule has 126 valence electrons. The molecule has 2 heterocycles. The second-order valence-corrected chi connectivity index (χ2v) is 7.08. The maximum Gasteiger partial charge on any atom is 0.227 e. The molecule has 0 radical (unpaired) electrons. The molecule has 1 amide bonds. The zero-order valence-corrected chi connectivity index (χ0v) is 14.0. The highest BCUT2D eigenvalue weighted by Crippen LogP contribution is 2.25. The molecule has 0 unspecified atom stereocenters. The van der Waals surface area contributed by atoms with Crippen LogP contribution in [0.4, 0.5) is 4.39 Å². The van der Waals surface area contributed by atoms with Crippen LogP contribution in [0.15, 0.2) is 24.3 Å². The standard InChI is InChI=1S/C19H27FN2O/c1-15-6-2-3-11-22(15)19(23)17-8-5-10-21(14-17)13-16-7-4-9-18(20)12-16/h4,7,9,12,15,17H,2-3,5-6,8,10-11,13-14H2,1H3/t15-,17-/m1/s1. The van der Waals surface area contributed by atoms with E-state index in [2.05, 4.69) is 16.7 Å². The van der Waals surface area contributed by atoms with Crippen molar-refractivity contribution in [1.82, 2.24) is 9.80 Å². The van der Waals surface area contributed by atoms with Crippen LogP contribution in [0, 0.1) is 11.7 Å². The molecule has 2 saturated heterocycles. The largest absolute Gasteiger partial charge is 0.340 e. The van der Waals surface area contributed by atoms with Crippen LogP contribution in [-0.4, -0.2) is 41.4 Å². The average molecular weight is 318 g/mol. The summed E-state index contributed by atoms with van der Waals surface area (Å²) < 4.78 is 13.3. The molecule has 23 heavy (non-hydrogen) atoms. The molecule has 2 aliphatic heterocycles. The van der Waals surface area contributed by atoms with E-state index in [0.29, 0.717) is 11.9 Å². The van der Waals surface area contributed by atoms with E-state index in [-0.39, 0.29) is 11.7 Å². The zero-order chi connectivity index (χ0) is 16.2. The predicted molar refractivity (Wildman–Crippen MR) is 89.4 cm³/mol. The van der Waals surface area contributed by atoms with Crippen molar-refractivity contribution in [2.24, 2.45) is 5.92 Å². The SMILES string of the molecule is C[C@@H]1CCCCN1C(=O)[C@@H]1CCCN(Cc2cccc(F)c2)C1. The van der Waals surface area contributed by atoms with Crippen LogP contribution in [0.1, 0.15) is 44.6 Å². The molecule has 0 saturated carbocycles. The molecule has 2 atom stereocenters. The minimum atomic E-state index is -0.186. The lowest BCUT2D eigenvalue weighted by Gasteiger charge is -2.39. The van der Waals surface area contributed by atoms with Gasteiger partial charge in [0.05, 0.1) is 5.92 Å². The van der Waals surface area contributed by atoms with Crippen molar-refractivity contribution in [2.75, 3.05) is 19.6 Å². The van der Waals surface area contributed by atoms with Crippen molar-refractivity contribution in [2.45, 2.75) is 51.6 Å². The molecule has 2 aliphatic rings. The molecule has 3 nitrogen and oxygen atoms in total. The summed E-state index contributed by atoms with van der Waals surface area (Å²) in [6.07, 6.45) is 5.54. The minimum absolute atomic E-state index is 0.109. The van der Waals surface area contributed by atoms with Crippen molar-refractivity contribution in [3.05, 3.63) is 35.6 Å². The summed E-state index contributed by atoms with van der Waals surface area (Å²) in [6, 6.07) is 7.17. The molecular weight excluding hydrogens is 291 g/mol. The third-order valence-electron chi connectivity index (χ3n) is 5.24. The third-order valence-corrected chi connectivity index (χ3v) is 5.24. The summed E-state index contributed by atoms with van der Waals surface area (Å²) in [5.74, 6) is 0.258. The van der Waals surface area contributed by atoms with Crippen LogP contribution in [-0.2, 0) is 11.3 Å². The first-order valence-corrected chi connectivity index (χ1v) is 8.91. The molecule has 2 fully saturated rings. The molecular formula is C19H27FN2O. The van der Waals surface area contributed by atoms with Crippen LogP contribution in [0.2, 0.25) is 0 Å². The number of carbonyl (C=O) groups excluding carboxylic acids is 1. The van der Waals surface area contributed by atoms with Gasteiger partial charge in [-0.1, -0.05) is 12.1 Å². The lowest BCUT2D eigenvalue weighted by Crippen LogP contribution is -2.49. The van der Waals surface area contributed by atoms with E-state index < -0.39 is 0 Å². The highest BCUT2D eigenvalue weighted by Gasteiger charge is 2.32. The Morgan fingerprint density at radius 1 is 1.22 bits per heavy atom. The Labute approximate surface area is 138 Å². The Morgan fingerprint density at radius 2 is 2.09 bits per heavy atom.